The van der Waals surface area contributed by atoms with Gasteiger partial charge in [0.05, 0.1) is 0 Å². The monoisotopic (exact) mass is 285 g/mol. The van der Waals surface area contributed by atoms with Gasteiger partial charge in [0.2, 0.25) is 0 Å². The average Bonchev–Trinajstić information content (AvgIpc) is 2.87. The predicted molar refractivity (Wildman–Crippen MR) is 87.1 cm³/mol. The van der Waals surface area contributed by atoms with Gasteiger partial charge in [0.15, 0.2) is 0 Å². The van der Waals surface area contributed by atoms with Crippen molar-refractivity contribution in [2.24, 2.45) is 0 Å². The molecule has 1 aromatic carbocycles. The van der Waals surface area contributed by atoms with Crippen molar-refractivity contribution in [3.8, 4) is 0 Å². The molecule has 3 rings (SSSR count). The van der Waals surface area contributed by atoms with Gasteiger partial charge in [-0.15, -0.1) is 11.3 Å². The van der Waals surface area contributed by atoms with Crippen molar-refractivity contribution >= 4 is 11.3 Å². The van der Waals surface area contributed by atoms with Gasteiger partial charge in [0.25, 0.3) is 0 Å². The van der Waals surface area contributed by atoms with Gasteiger partial charge >= 0.3 is 0 Å². The van der Waals surface area contributed by atoms with Crippen LogP contribution >= 0.6 is 11.3 Å². The van der Waals surface area contributed by atoms with Crippen LogP contribution < -0.4 is 0 Å². The number of likely N-dealkylation sites (tertiary alicyclic amines) is 1. The SMILES string of the molecule is Cc1cccc(CN2CCCCCC2c2cccs2)c1. The molecule has 1 fully saturated rings. The highest BCUT2D eigenvalue weighted by atomic mass is 32.1. The maximum atomic E-state index is 2.69. The molecule has 1 nitrogen and oxygen atoms in total. The lowest BCUT2D eigenvalue weighted by atomic mass is 10.1. The predicted octanol–water partition coefficient (Wildman–Crippen LogP) is 5.17. The molecule has 106 valence electrons. The van der Waals surface area contributed by atoms with Crippen molar-refractivity contribution in [3.63, 3.8) is 0 Å². The van der Waals surface area contributed by atoms with E-state index in [1.807, 2.05) is 11.3 Å². The van der Waals surface area contributed by atoms with Gasteiger partial charge in [-0.25, -0.2) is 0 Å². The molecule has 2 heterocycles. The van der Waals surface area contributed by atoms with Gasteiger partial charge in [-0.2, -0.15) is 0 Å². The van der Waals surface area contributed by atoms with Gasteiger partial charge < -0.3 is 0 Å². The van der Waals surface area contributed by atoms with E-state index in [0.29, 0.717) is 6.04 Å². The minimum Gasteiger partial charge on any atom is -0.291 e. The molecule has 20 heavy (non-hydrogen) atoms. The Balaban J connectivity index is 1.80. The molecule has 0 spiro atoms. The first-order valence-corrected chi connectivity index (χ1v) is 8.54. The maximum Gasteiger partial charge on any atom is 0.0445 e. The molecule has 0 radical (unpaired) electrons. The number of hydrogen-bond acceptors (Lipinski definition) is 2. The molecule has 0 aliphatic carbocycles. The van der Waals surface area contributed by atoms with E-state index in [0.717, 1.165) is 6.54 Å². The van der Waals surface area contributed by atoms with Gasteiger partial charge in [0, 0.05) is 17.5 Å². The number of thiophene rings is 1. The Morgan fingerprint density at radius 3 is 2.90 bits per heavy atom. The molecule has 0 saturated carbocycles. The highest BCUT2D eigenvalue weighted by Crippen LogP contribution is 2.33. The summed E-state index contributed by atoms with van der Waals surface area (Å²) >= 11 is 1.91. The molecule has 0 amide bonds. The molecule has 1 unspecified atom stereocenters. The minimum atomic E-state index is 0.623. The van der Waals surface area contributed by atoms with Crippen molar-refractivity contribution in [2.75, 3.05) is 6.54 Å². The van der Waals surface area contributed by atoms with Crippen molar-refractivity contribution in [2.45, 2.75) is 45.2 Å². The Labute approximate surface area is 126 Å². The van der Waals surface area contributed by atoms with Crippen LogP contribution in [0.3, 0.4) is 0 Å². The largest absolute Gasteiger partial charge is 0.291 e. The van der Waals surface area contributed by atoms with E-state index in [9.17, 15) is 0 Å². The lowest BCUT2D eigenvalue weighted by Gasteiger charge is -2.29. The number of rotatable bonds is 3. The van der Waals surface area contributed by atoms with Gasteiger partial charge in [0.1, 0.15) is 0 Å². The maximum absolute atomic E-state index is 2.69. The summed E-state index contributed by atoms with van der Waals surface area (Å²) in [6.07, 6.45) is 5.40. The highest BCUT2D eigenvalue weighted by molar-refractivity contribution is 7.10. The van der Waals surface area contributed by atoms with E-state index in [-0.39, 0.29) is 0 Å². The van der Waals surface area contributed by atoms with Gasteiger partial charge in [-0.1, -0.05) is 48.7 Å². The third-order valence-electron chi connectivity index (χ3n) is 4.20. The molecule has 1 atom stereocenters. The van der Waals surface area contributed by atoms with Crippen LogP contribution in [0.15, 0.2) is 41.8 Å². The number of hydrogen-bond donors (Lipinski definition) is 0. The summed E-state index contributed by atoms with van der Waals surface area (Å²) in [5, 5.41) is 2.21. The van der Waals surface area contributed by atoms with E-state index >= 15 is 0 Å². The van der Waals surface area contributed by atoms with E-state index in [2.05, 4.69) is 53.6 Å². The van der Waals surface area contributed by atoms with Crippen LogP contribution in [-0.2, 0) is 6.54 Å². The fourth-order valence-electron chi connectivity index (χ4n) is 3.21. The lowest BCUT2D eigenvalue weighted by Crippen LogP contribution is -2.27. The zero-order valence-electron chi connectivity index (χ0n) is 12.2. The van der Waals surface area contributed by atoms with E-state index in [1.54, 1.807) is 4.88 Å². The summed E-state index contributed by atoms with van der Waals surface area (Å²) in [6, 6.07) is 14.1. The summed E-state index contributed by atoms with van der Waals surface area (Å²) in [5.41, 5.74) is 2.82. The van der Waals surface area contributed by atoms with Crippen LogP contribution in [0.5, 0.6) is 0 Å². The normalized spacial score (nSPS) is 20.8. The lowest BCUT2D eigenvalue weighted by molar-refractivity contribution is 0.195. The van der Waals surface area contributed by atoms with Gasteiger partial charge in [-0.05, 0) is 43.3 Å². The third-order valence-corrected chi connectivity index (χ3v) is 5.18. The topological polar surface area (TPSA) is 3.24 Å². The fourth-order valence-corrected chi connectivity index (χ4v) is 4.10. The zero-order chi connectivity index (χ0) is 13.8. The zero-order valence-corrected chi connectivity index (χ0v) is 13.0. The van der Waals surface area contributed by atoms with Crippen molar-refractivity contribution in [1.29, 1.82) is 0 Å². The van der Waals surface area contributed by atoms with Crippen LogP contribution in [0.4, 0.5) is 0 Å². The quantitative estimate of drug-likeness (QED) is 0.751. The molecule has 1 aliphatic rings. The molecule has 1 aliphatic heterocycles. The first-order valence-electron chi connectivity index (χ1n) is 7.66. The van der Waals surface area contributed by atoms with Crippen LogP contribution in [0.2, 0.25) is 0 Å². The second kappa shape index (κ2) is 6.55. The molecule has 2 heteroatoms. The summed E-state index contributed by atoms with van der Waals surface area (Å²) < 4.78 is 0. The van der Waals surface area contributed by atoms with Crippen LogP contribution in [0.25, 0.3) is 0 Å². The summed E-state index contributed by atoms with van der Waals surface area (Å²) in [4.78, 5) is 4.23. The molecule has 0 bridgehead atoms. The van der Waals surface area contributed by atoms with Crippen molar-refractivity contribution in [3.05, 3.63) is 57.8 Å². The van der Waals surface area contributed by atoms with E-state index in [1.165, 1.54) is 43.4 Å². The van der Waals surface area contributed by atoms with E-state index < -0.39 is 0 Å². The molecular weight excluding hydrogens is 262 g/mol. The third kappa shape index (κ3) is 3.31. The van der Waals surface area contributed by atoms with E-state index in [4.69, 9.17) is 0 Å². The molecule has 2 aromatic rings. The molecule has 1 aromatic heterocycles. The Bertz CT molecular complexity index is 532. The van der Waals surface area contributed by atoms with Crippen molar-refractivity contribution in [1.82, 2.24) is 4.90 Å². The Morgan fingerprint density at radius 1 is 1.15 bits per heavy atom. The Morgan fingerprint density at radius 2 is 2.10 bits per heavy atom. The fraction of sp³-hybridized carbons (Fsp3) is 0.444. The first-order chi connectivity index (χ1) is 9.83. The highest BCUT2D eigenvalue weighted by Gasteiger charge is 2.23. The summed E-state index contributed by atoms with van der Waals surface area (Å²) in [6.45, 7) is 4.50. The number of nitrogens with zero attached hydrogens (tertiary/aromatic N) is 1. The van der Waals surface area contributed by atoms with Crippen LogP contribution in [-0.4, -0.2) is 11.4 Å². The van der Waals surface area contributed by atoms with Crippen LogP contribution in [0, 0.1) is 6.92 Å². The van der Waals surface area contributed by atoms with Crippen molar-refractivity contribution < 1.29 is 0 Å². The molecule has 1 saturated heterocycles. The standard InChI is InChI=1S/C18H23NS/c1-15-7-5-8-16(13-15)14-19-11-4-2-3-9-17(19)18-10-6-12-20-18/h5-8,10,12-13,17H,2-4,9,11,14H2,1H3. The molecule has 0 N–H and O–H groups in total. The molecular formula is C18H23NS. The number of benzene rings is 1. The first kappa shape index (κ1) is 13.8. The van der Waals surface area contributed by atoms with Crippen LogP contribution in [0.1, 0.15) is 47.7 Å². The van der Waals surface area contributed by atoms with Gasteiger partial charge in [-0.3, -0.25) is 4.90 Å². The second-order valence-electron chi connectivity index (χ2n) is 5.84. The Kier molecular flexibility index (Phi) is 4.54. The number of aryl methyl sites for hydroxylation is 1. The smallest absolute Gasteiger partial charge is 0.0445 e. The average molecular weight is 285 g/mol. The second-order valence-corrected chi connectivity index (χ2v) is 6.82. The Hall–Kier alpha value is -1.12. The summed E-state index contributed by atoms with van der Waals surface area (Å²) in [5.74, 6) is 0. The summed E-state index contributed by atoms with van der Waals surface area (Å²) in [7, 11) is 0. The minimum absolute atomic E-state index is 0.623.